The molecule has 7 heteroatoms. The molecule has 2 fully saturated rings. The van der Waals surface area contributed by atoms with E-state index in [1.807, 2.05) is 19.1 Å². The van der Waals surface area contributed by atoms with Gasteiger partial charge in [-0.25, -0.2) is 4.39 Å². The minimum absolute atomic E-state index is 0. The van der Waals surface area contributed by atoms with Crippen LogP contribution in [0.4, 0.5) is 4.39 Å². The summed E-state index contributed by atoms with van der Waals surface area (Å²) in [7, 11) is -1.50. The Kier molecular flexibility index (Phi) is 12.5. The number of thiophene rings is 1. The molecule has 3 nitrogen and oxygen atoms in total. The predicted molar refractivity (Wildman–Crippen MR) is 221 cm³/mol. The van der Waals surface area contributed by atoms with Crippen LogP contribution in [-0.2, 0) is 24.9 Å². The summed E-state index contributed by atoms with van der Waals surface area (Å²) in [4.78, 5) is 17.4. The molecule has 0 bridgehead atoms. The first-order valence-electron chi connectivity index (χ1n) is 19.1. The molecule has 2 saturated carbocycles. The normalized spacial score (nSPS) is 16.2. The van der Waals surface area contributed by atoms with Gasteiger partial charge in [0.25, 0.3) is 0 Å². The Balaban J connectivity index is 0.000000215. The monoisotopic (exact) mass is 919 g/mol. The maximum Gasteiger partial charge on any atom is 0.164 e. The third-order valence-corrected chi connectivity index (χ3v) is 14.3. The number of Topliss-reactive ketones (excluding diaryl/α,β-unsaturated/α-hetero) is 1. The van der Waals surface area contributed by atoms with Crippen LogP contribution in [0.3, 0.4) is 0 Å². The SMILES string of the molecule is C/C(C(=O)C1CCCCC1)=C(/O)C1CCCCC1.C[Si](C)(C)c1ccc2nc(-c3[c-]cc4sc5ccccc5c4c3)cc(-c3ccc(F)cc3)c2c1.[Ir]. The number of nitrogens with zero attached hydrogens (tertiary/aromatic N) is 1. The topological polar surface area (TPSA) is 50.2 Å². The van der Waals surface area contributed by atoms with Crippen LogP contribution in [0.1, 0.15) is 71.1 Å². The minimum Gasteiger partial charge on any atom is -0.512 e. The number of hydrogen-bond donors (Lipinski definition) is 1. The van der Waals surface area contributed by atoms with Gasteiger partial charge in [0.15, 0.2) is 5.78 Å². The fourth-order valence-electron chi connectivity index (χ4n) is 8.00. The first-order chi connectivity index (χ1) is 25.1. The third kappa shape index (κ3) is 8.75. The zero-order valence-electron chi connectivity index (χ0n) is 31.2. The molecule has 2 aromatic heterocycles. The van der Waals surface area contributed by atoms with Crippen molar-refractivity contribution in [2.75, 3.05) is 0 Å². The van der Waals surface area contributed by atoms with Gasteiger partial charge in [0, 0.05) is 47.6 Å². The molecule has 1 N–H and O–H groups in total. The molecular weight excluding hydrogens is 870 g/mol. The second-order valence-corrected chi connectivity index (χ2v) is 22.0. The zero-order chi connectivity index (χ0) is 36.4. The summed E-state index contributed by atoms with van der Waals surface area (Å²) in [6.07, 6.45) is 11.4. The molecule has 2 aliphatic carbocycles. The Hall–Kier alpha value is -3.48. The smallest absolute Gasteiger partial charge is 0.164 e. The maximum atomic E-state index is 13.7. The standard InChI is InChI=1S/C30H23FNSSi.C16H26O2.Ir/c1-34(2,3)22-13-14-27-25(17-22)24(19-8-11-21(31)12-9-19)18-28(32-27)20-10-15-30-26(16-20)23-6-4-5-7-29(23)33-30;1-12(15(17)13-8-4-2-5-9-13)16(18)14-10-6-3-7-11-14;/h4-9,11-18H,1-3H3;13-14,17H,2-11H2,1H3;/q-1;;/b;15-12-;. The van der Waals surface area contributed by atoms with Crippen molar-refractivity contribution in [3.63, 3.8) is 0 Å². The number of aliphatic hydroxyl groups is 1. The Labute approximate surface area is 332 Å². The second-order valence-electron chi connectivity index (χ2n) is 15.8. The Morgan fingerprint density at radius 3 is 2.13 bits per heavy atom. The van der Waals surface area contributed by atoms with Gasteiger partial charge in [-0.1, -0.05) is 117 Å². The van der Waals surface area contributed by atoms with Crippen molar-refractivity contribution in [1.82, 2.24) is 4.98 Å². The van der Waals surface area contributed by atoms with E-state index in [1.54, 1.807) is 11.3 Å². The van der Waals surface area contributed by atoms with Gasteiger partial charge in [-0.3, -0.25) is 9.78 Å². The van der Waals surface area contributed by atoms with E-state index in [9.17, 15) is 14.3 Å². The number of pyridine rings is 1. The summed E-state index contributed by atoms with van der Waals surface area (Å²) < 4.78 is 16.2. The fourth-order valence-corrected chi connectivity index (χ4v) is 10.2. The molecule has 2 heterocycles. The van der Waals surface area contributed by atoms with Crippen molar-refractivity contribution in [3.8, 4) is 22.4 Å². The van der Waals surface area contributed by atoms with E-state index in [2.05, 4.69) is 86.4 Å². The van der Waals surface area contributed by atoms with Gasteiger partial charge in [0.05, 0.1) is 13.6 Å². The van der Waals surface area contributed by atoms with E-state index in [1.165, 1.54) is 76.0 Å². The van der Waals surface area contributed by atoms with Crippen LogP contribution in [0.5, 0.6) is 0 Å². The van der Waals surface area contributed by atoms with Crippen molar-refractivity contribution < 1.29 is 34.4 Å². The number of aromatic nitrogens is 1. The van der Waals surface area contributed by atoms with Crippen molar-refractivity contribution >= 4 is 61.5 Å². The fraction of sp³-hybridized carbons (Fsp3) is 0.348. The van der Waals surface area contributed by atoms with Crippen LogP contribution in [0.2, 0.25) is 19.6 Å². The number of halogens is 1. The number of allylic oxidation sites excluding steroid dienone is 2. The number of carbonyl (C=O) groups is 1. The molecule has 277 valence electrons. The molecule has 4 aromatic carbocycles. The summed E-state index contributed by atoms with van der Waals surface area (Å²) in [5, 5.41) is 15.3. The van der Waals surface area contributed by atoms with Crippen LogP contribution < -0.4 is 5.19 Å². The van der Waals surface area contributed by atoms with Crippen molar-refractivity contribution in [2.24, 2.45) is 11.8 Å². The number of hydrogen-bond acceptors (Lipinski definition) is 4. The van der Waals surface area contributed by atoms with Gasteiger partial charge in [-0.2, -0.15) is 11.3 Å². The molecule has 53 heavy (non-hydrogen) atoms. The average Bonchev–Trinajstić information content (AvgIpc) is 3.55. The first-order valence-corrected chi connectivity index (χ1v) is 23.4. The summed E-state index contributed by atoms with van der Waals surface area (Å²) in [5.74, 6) is 0.840. The van der Waals surface area contributed by atoms with Crippen LogP contribution in [0, 0.1) is 23.7 Å². The summed E-state index contributed by atoms with van der Waals surface area (Å²) in [6, 6.07) is 31.8. The van der Waals surface area contributed by atoms with Gasteiger partial charge < -0.3 is 5.11 Å². The molecule has 0 aliphatic heterocycles. The molecule has 0 saturated heterocycles. The second kappa shape index (κ2) is 16.9. The summed E-state index contributed by atoms with van der Waals surface area (Å²) >= 11 is 1.79. The van der Waals surface area contributed by atoms with Crippen LogP contribution in [0.15, 0.2) is 96.3 Å². The van der Waals surface area contributed by atoms with Crippen molar-refractivity contribution in [1.29, 1.82) is 0 Å². The Morgan fingerprint density at radius 2 is 1.45 bits per heavy atom. The molecule has 0 spiro atoms. The number of fused-ring (bicyclic) bond motifs is 4. The predicted octanol–water partition coefficient (Wildman–Crippen LogP) is 13.0. The van der Waals surface area contributed by atoms with E-state index in [0.29, 0.717) is 11.3 Å². The van der Waals surface area contributed by atoms with Crippen LogP contribution >= 0.6 is 11.3 Å². The van der Waals surface area contributed by atoms with E-state index in [4.69, 9.17) is 4.98 Å². The van der Waals surface area contributed by atoms with Gasteiger partial charge in [0.1, 0.15) is 11.6 Å². The molecular formula is C46H49FIrNO2SSi-. The summed E-state index contributed by atoms with van der Waals surface area (Å²) in [5.41, 5.74) is 5.52. The average molecular weight is 919 g/mol. The number of rotatable bonds is 6. The van der Waals surface area contributed by atoms with Gasteiger partial charge in [0.2, 0.25) is 0 Å². The number of benzene rings is 4. The zero-order valence-corrected chi connectivity index (χ0v) is 35.4. The molecule has 6 aromatic rings. The quantitative estimate of drug-likeness (QED) is 0.0784. The van der Waals surface area contributed by atoms with Crippen molar-refractivity contribution in [2.45, 2.75) is 90.8 Å². The van der Waals surface area contributed by atoms with Crippen LogP contribution in [0.25, 0.3) is 53.5 Å². The molecule has 0 atom stereocenters. The molecule has 0 amide bonds. The van der Waals surface area contributed by atoms with Gasteiger partial charge >= 0.3 is 0 Å². The largest absolute Gasteiger partial charge is 0.512 e. The number of aliphatic hydroxyl groups excluding tert-OH is 1. The molecule has 2 aliphatic rings. The van der Waals surface area contributed by atoms with Crippen molar-refractivity contribution in [3.05, 3.63) is 108 Å². The molecule has 1 radical (unpaired) electrons. The van der Waals surface area contributed by atoms with E-state index >= 15 is 0 Å². The molecule has 0 unspecified atom stereocenters. The third-order valence-electron chi connectivity index (χ3n) is 11.1. The number of carbonyl (C=O) groups excluding carboxylic acids is 1. The van der Waals surface area contributed by atoms with E-state index < -0.39 is 8.07 Å². The van der Waals surface area contributed by atoms with Crippen LogP contribution in [-0.4, -0.2) is 23.9 Å². The molecule has 8 rings (SSSR count). The number of ketones is 1. The van der Waals surface area contributed by atoms with Gasteiger partial charge in [-0.05, 0) is 83.8 Å². The Bertz CT molecular complexity index is 2260. The summed E-state index contributed by atoms with van der Waals surface area (Å²) in [6.45, 7) is 8.88. The minimum atomic E-state index is -1.50. The van der Waals surface area contributed by atoms with Gasteiger partial charge in [-0.15, -0.1) is 23.8 Å². The Morgan fingerprint density at radius 1 is 0.792 bits per heavy atom. The van der Waals surface area contributed by atoms with E-state index in [0.717, 1.165) is 59.0 Å². The maximum absolute atomic E-state index is 13.7. The van der Waals surface area contributed by atoms with E-state index in [-0.39, 0.29) is 43.5 Å². The first kappa shape index (κ1) is 39.2.